The number of halogens is 1. The predicted octanol–water partition coefficient (Wildman–Crippen LogP) is 4.47. The van der Waals surface area contributed by atoms with Gasteiger partial charge in [-0.2, -0.15) is 0 Å². The second kappa shape index (κ2) is 11.2. The van der Waals surface area contributed by atoms with Crippen molar-refractivity contribution in [1.29, 1.82) is 0 Å². The van der Waals surface area contributed by atoms with Gasteiger partial charge in [-0.25, -0.2) is 0 Å². The van der Waals surface area contributed by atoms with Crippen LogP contribution in [0.15, 0.2) is 46.9 Å². The molecule has 0 spiro atoms. The number of hydrogen-bond acceptors (Lipinski definition) is 4. The van der Waals surface area contributed by atoms with Gasteiger partial charge in [0.1, 0.15) is 6.61 Å². The van der Waals surface area contributed by atoms with Gasteiger partial charge in [-0.15, -0.1) is 0 Å². The van der Waals surface area contributed by atoms with Crippen molar-refractivity contribution < 1.29 is 9.47 Å². The molecule has 0 saturated heterocycles. The summed E-state index contributed by atoms with van der Waals surface area (Å²) in [6.45, 7) is 9.75. The van der Waals surface area contributed by atoms with E-state index in [0.717, 1.165) is 59.8 Å². The molecule has 0 fully saturated rings. The van der Waals surface area contributed by atoms with E-state index in [-0.39, 0.29) is 0 Å². The summed E-state index contributed by atoms with van der Waals surface area (Å²) in [5.41, 5.74) is 2.22. The zero-order valence-electron chi connectivity index (χ0n) is 15.9. The fourth-order valence-corrected chi connectivity index (χ4v) is 3.24. The molecule has 0 unspecified atom stereocenters. The number of ether oxygens (including phenoxy) is 2. The van der Waals surface area contributed by atoms with E-state index in [0.29, 0.717) is 6.61 Å². The van der Waals surface area contributed by atoms with Crippen LogP contribution in [0.1, 0.15) is 25.0 Å². The molecule has 26 heavy (non-hydrogen) atoms. The molecule has 2 aromatic rings. The molecule has 2 aromatic carbocycles. The van der Waals surface area contributed by atoms with Crippen LogP contribution in [-0.4, -0.2) is 38.2 Å². The minimum Gasteiger partial charge on any atom is -0.493 e. The first-order valence-corrected chi connectivity index (χ1v) is 9.94. The van der Waals surface area contributed by atoms with Crippen molar-refractivity contribution >= 4 is 15.9 Å². The summed E-state index contributed by atoms with van der Waals surface area (Å²) >= 11 is 3.66. The molecule has 0 amide bonds. The van der Waals surface area contributed by atoms with Gasteiger partial charge in [0, 0.05) is 29.7 Å². The SMILES string of the molecule is CCN(CC)CCNCc1c(Br)ccc(OC)c1OCc1ccccc1. The third-order valence-corrected chi connectivity index (χ3v) is 5.16. The molecule has 2 rings (SSSR count). The van der Waals surface area contributed by atoms with E-state index < -0.39 is 0 Å². The van der Waals surface area contributed by atoms with Crippen molar-refractivity contribution in [3.8, 4) is 11.5 Å². The number of hydrogen-bond donors (Lipinski definition) is 1. The molecule has 0 aliphatic heterocycles. The van der Waals surface area contributed by atoms with Gasteiger partial charge >= 0.3 is 0 Å². The summed E-state index contributed by atoms with van der Waals surface area (Å²) in [7, 11) is 1.68. The lowest BCUT2D eigenvalue weighted by atomic mass is 10.1. The zero-order valence-corrected chi connectivity index (χ0v) is 17.5. The van der Waals surface area contributed by atoms with Gasteiger partial charge in [0.2, 0.25) is 0 Å². The molecule has 0 radical (unpaired) electrons. The van der Waals surface area contributed by atoms with Gasteiger partial charge in [-0.1, -0.05) is 60.1 Å². The van der Waals surface area contributed by atoms with E-state index >= 15 is 0 Å². The Hall–Kier alpha value is -1.56. The Kier molecular flexibility index (Phi) is 8.95. The number of benzene rings is 2. The quantitative estimate of drug-likeness (QED) is 0.543. The smallest absolute Gasteiger partial charge is 0.167 e. The number of likely N-dealkylation sites (N-methyl/N-ethyl adjacent to an activating group) is 1. The van der Waals surface area contributed by atoms with Crippen LogP contribution in [0.25, 0.3) is 0 Å². The molecule has 1 N–H and O–H groups in total. The second-order valence-electron chi connectivity index (χ2n) is 6.04. The molecule has 0 saturated carbocycles. The fraction of sp³-hybridized carbons (Fsp3) is 0.429. The Morgan fingerprint density at radius 2 is 1.77 bits per heavy atom. The van der Waals surface area contributed by atoms with Crippen LogP contribution in [0.5, 0.6) is 11.5 Å². The lowest BCUT2D eigenvalue weighted by Crippen LogP contribution is -2.31. The summed E-state index contributed by atoms with van der Waals surface area (Å²) < 4.78 is 12.7. The van der Waals surface area contributed by atoms with E-state index in [1.807, 2.05) is 30.3 Å². The number of methoxy groups -OCH3 is 1. The average Bonchev–Trinajstić information content (AvgIpc) is 2.68. The Morgan fingerprint density at radius 3 is 2.42 bits per heavy atom. The van der Waals surface area contributed by atoms with Crippen molar-refractivity contribution in [2.75, 3.05) is 33.3 Å². The van der Waals surface area contributed by atoms with Crippen LogP contribution in [-0.2, 0) is 13.2 Å². The lowest BCUT2D eigenvalue weighted by Gasteiger charge is -2.20. The van der Waals surface area contributed by atoms with E-state index in [1.165, 1.54) is 0 Å². The molecule has 0 heterocycles. The Labute approximate surface area is 165 Å². The average molecular weight is 421 g/mol. The normalized spacial score (nSPS) is 11.0. The summed E-state index contributed by atoms with van der Waals surface area (Å²) in [5, 5.41) is 3.52. The highest BCUT2D eigenvalue weighted by molar-refractivity contribution is 9.10. The third kappa shape index (κ3) is 6.01. The van der Waals surface area contributed by atoms with Crippen LogP contribution in [0.2, 0.25) is 0 Å². The maximum absolute atomic E-state index is 6.14. The van der Waals surface area contributed by atoms with Crippen LogP contribution in [0, 0.1) is 0 Å². The highest BCUT2D eigenvalue weighted by atomic mass is 79.9. The maximum atomic E-state index is 6.14. The van der Waals surface area contributed by atoms with Crippen LogP contribution in [0.3, 0.4) is 0 Å². The Bertz CT molecular complexity index is 661. The van der Waals surface area contributed by atoms with Gasteiger partial charge in [0.05, 0.1) is 7.11 Å². The molecule has 0 aliphatic rings. The maximum Gasteiger partial charge on any atom is 0.167 e. The summed E-state index contributed by atoms with van der Waals surface area (Å²) in [6.07, 6.45) is 0. The largest absolute Gasteiger partial charge is 0.493 e. The van der Waals surface area contributed by atoms with E-state index in [4.69, 9.17) is 9.47 Å². The van der Waals surface area contributed by atoms with Crippen LogP contribution < -0.4 is 14.8 Å². The molecule has 0 bridgehead atoms. The van der Waals surface area contributed by atoms with E-state index in [2.05, 4.69) is 52.1 Å². The first-order chi connectivity index (χ1) is 12.7. The zero-order chi connectivity index (χ0) is 18.8. The molecule has 5 heteroatoms. The number of rotatable bonds is 11. The molecule has 4 nitrogen and oxygen atoms in total. The van der Waals surface area contributed by atoms with Crippen molar-refractivity contribution in [2.24, 2.45) is 0 Å². The first-order valence-electron chi connectivity index (χ1n) is 9.14. The lowest BCUT2D eigenvalue weighted by molar-refractivity contribution is 0.279. The van der Waals surface area contributed by atoms with Crippen LogP contribution in [0.4, 0.5) is 0 Å². The Balaban J connectivity index is 2.06. The van der Waals surface area contributed by atoms with Crippen molar-refractivity contribution in [3.05, 3.63) is 58.1 Å². The van der Waals surface area contributed by atoms with Gasteiger partial charge in [0.25, 0.3) is 0 Å². The van der Waals surface area contributed by atoms with Crippen LogP contribution >= 0.6 is 15.9 Å². The summed E-state index contributed by atoms with van der Waals surface area (Å²) in [4.78, 5) is 2.40. The van der Waals surface area contributed by atoms with Gasteiger partial charge in [-0.05, 0) is 30.8 Å². The van der Waals surface area contributed by atoms with Gasteiger partial charge in [0.15, 0.2) is 11.5 Å². The van der Waals surface area contributed by atoms with E-state index in [9.17, 15) is 0 Å². The predicted molar refractivity (Wildman–Crippen MR) is 111 cm³/mol. The van der Waals surface area contributed by atoms with Crippen molar-refractivity contribution in [2.45, 2.75) is 27.0 Å². The standard InChI is InChI=1S/C21H29BrN2O2/c1-4-24(5-2)14-13-23-15-18-19(22)11-12-20(25-3)21(18)26-16-17-9-7-6-8-10-17/h6-12,23H,4-5,13-16H2,1-3H3. The molecular weight excluding hydrogens is 392 g/mol. The van der Waals surface area contributed by atoms with Crippen molar-refractivity contribution in [3.63, 3.8) is 0 Å². The second-order valence-corrected chi connectivity index (χ2v) is 6.89. The minimum atomic E-state index is 0.514. The Morgan fingerprint density at radius 1 is 1.04 bits per heavy atom. The minimum absolute atomic E-state index is 0.514. The highest BCUT2D eigenvalue weighted by Gasteiger charge is 2.15. The number of nitrogens with one attached hydrogen (secondary N) is 1. The van der Waals surface area contributed by atoms with Crippen molar-refractivity contribution in [1.82, 2.24) is 10.2 Å². The fourth-order valence-electron chi connectivity index (χ4n) is 2.79. The monoisotopic (exact) mass is 420 g/mol. The molecular formula is C21H29BrN2O2. The molecule has 0 aliphatic carbocycles. The molecule has 142 valence electrons. The topological polar surface area (TPSA) is 33.7 Å². The van der Waals surface area contributed by atoms with Gasteiger partial charge in [-0.3, -0.25) is 0 Å². The van der Waals surface area contributed by atoms with Gasteiger partial charge < -0.3 is 19.7 Å². The summed E-state index contributed by atoms with van der Waals surface area (Å²) in [6, 6.07) is 14.1. The third-order valence-electron chi connectivity index (χ3n) is 4.41. The highest BCUT2D eigenvalue weighted by Crippen LogP contribution is 2.36. The number of nitrogens with zero attached hydrogens (tertiary/aromatic N) is 1. The van der Waals surface area contributed by atoms with E-state index in [1.54, 1.807) is 7.11 Å². The molecule has 0 atom stereocenters. The molecule has 0 aromatic heterocycles. The first kappa shape index (κ1) is 20.7. The summed E-state index contributed by atoms with van der Waals surface area (Å²) in [5.74, 6) is 1.55.